The maximum absolute atomic E-state index is 8.92. The highest BCUT2D eigenvalue weighted by molar-refractivity contribution is 5.28. The van der Waals surface area contributed by atoms with Gasteiger partial charge in [0.1, 0.15) is 0 Å². The van der Waals surface area contributed by atoms with E-state index in [1.165, 1.54) is 5.56 Å². The van der Waals surface area contributed by atoms with Gasteiger partial charge < -0.3 is 0 Å². The molecule has 1 fully saturated rings. The first-order valence-electron chi connectivity index (χ1n) is 4.71. The average molecular weight is 182 g/mol. The van der Waals surface area contributed by atoms with Crippen LogP contribution in [-0.2, 0) is 0 Å². The van der Waals surface area contributed by atoms with E-state index in [0.717, 1.165) is 6.42 Å². The Morgan fingerprint density at radius 2 is 1.79 bits per heavy atom. The molecule has 1 aliphatic carbocycles. The molecule has 3 unspecified atom stereocenters. The fourth-order valence-corrected chi connectivity index (χ4v) is 2.01. The quantitative estimate of drug-likeness (QED) is 0.669. The highest BCUT2D eigenvalue weighted by atomic mass is 14.5. The summed E-state index contributed by atoms with van der Waals surface area (Å²) in [4.78, 5) is 0. The normalized spacial score (nSPS) is 29.7. The molecule has 0 heterocycles. The summed E-state index contributed by atoms with van der Waals surface area (Å²) in [6.45, 7) is 0. The van der Waals surface area contributed by atoms with Crippen molar-refractivity contribution in [3.8, 4) is 12.1 Å². The van der Waals surface area contributed by atoms with Gasteiger partial charge in [0.05, 0.1) is 24.0 Å². The van der Waals surface area contributed by atoms with Crippen molar-refractivity contribution in [2.24, 2.45) is 11.8 Å². The van der Waals surface area contributed by atoms with Crippen LogP contribution in [-0.4, -0.2) is 0 Å². The van der Waals surface area contributed by atoms with Gasteiger partial charge in [-0.1, -0.05) is 30.3 Å². The molecule has 1 aromatic rings. The first-order valence-corrected chi connectivity index (χ1v) is 4.71. The number of benzene rings is 1. The van der Waals surface area contributed by atoms with Gasteiger partial charge >= 0.3 is 0 Å². The third-order valence-corrected chi connectivity index (χ3v) is 2.92. The summed E-state index contributed by atoms with van der Waals surface area (Å²) < 4.78 is 0. The van der Waals surface area contributed by atoms with Crippen LogP contribution in [0.2, 0.25) is 0 Å². The molecule has 2 nitrogen and oxygen atoms in total. The van der Waals surface area contributed by atoms with Crippen molar-refractivity contribution in [1.29, 1.82) is 10.5 Å². The predicted octanol–water partition coefficient (Wildman–Crippen LogP) is 2.45. The van der Waals surface area contributed by atoms with Crippen LogP contribution in [0.5, 0.6) is 0 Å². The van der Waals surface area contributed by atoms with E-state index in [1.807, 2.05) is 30.3 Å². The van der Waals surface area contributed by atoms with Gasteiger partial charge in [0.2, 0.25) is 0 Å². The van der Waals surface area contributed by atoms with Crippen molar-refractivity contribution >= 4 is 0 Å². The van der Waals surface area contributed by atoms with E-state index in [2.05, 4.69) is 12.1 Å². The molecule has 0 aliphatic heterocycles. The molecule has 0 amide bonds. The molecule has 14 heavy (non-hydrogen) atoms. The zero-order valence-electron chi connectivity index (χ0n) is 7.72. The molecule has 1 aliphatic rings. The topological polar surface area (TPSA) is 47.6 Å². The summed E-state index contributed by atoms with van der Waals surface area (Å²) in [6, 6.07) is 14.4. The van der Waals surface area contributed by atoms with Gasteiger partial charge in [-0.3, -0.25) is 0 Å². The van der Waals surface area contributed by atoms with E-state index in [1.54, 1.807) is 0 Å². The van der Waals surface area contributed by atoms with Crippen LogP contribution >= 0.6 is 0 Å². The van der Waals surface area contributed by atoms with Crippen LogP contribution in [0.4, 0.5) is 0 Å². The second kappa shape index (κ2) is 3.52. The lowest BCUT2D eigenvalue weighted by Crippen LogP contribution is -2.32. The maximum atomic E-state index is 8.92. The number of nitriles is 2. The fourth-order valence-electron chi connectivity index (χ4n) is 2.01. The molecule has 3 atom stereocenters. The zero-order chi connectivity index (χ0) is 9.97. The van der Waals surface area contributed by atoms with Gasteiger partial charge in [0.25, 0.3) is 0 Å². The second-order valence-electron chi connectivity index (χ2n) is 3.64. The number of hydrogen-bond acceptors (Lipinski definition) is 2. The Balaban J connectivity index is 2.18. The Kier molecular flexibility index (Phi) is 2.21. The zero-order valence-corrected chi connectivity index (χ0v) is 7.72. The minimum absolute atomic E-state index is 0.0646. The summed E-state index contributed by atoms with van der Waals surface area (Å²) in [5.74, 6) is 0.0958. The standard InChI is InChI=1S/C12H10N2/c13-7-10-6-11(12(10)8-14)9-4-2-1-3-5-9/h1-5,10-12H,6H2. The van der Waals surface area contributed by atoms with Crippen LogP contribution in [0.1, 0.15) is 17.9 Å². The Bertz CT molecular complexity index is 397. The van der Waals surface area contributed by atoms with Gasteiger partial charge in [0.15, 0.2) is 0 Å². The molecule has 1 saturated carbocycles. The molecular formula is C12H10N2. The first-order chi connectivity index (χ1) is 6.86. The molecule has 2 rings (SSSR count). The minimum Gasteiger partial charge on any atom is -0.198 e. The van der Waals surface area contributed by atoms with Crippen molar-refractivity contribution < 1.29 is 0 Å². The smallest absolute Gasteiger partial charge is 0.0690 e. The number of hydrogen-bond donors (Lipinski definition) is 0. The highest BCUT2D eigenvalue weighted by Crippen LogP contribution is 2.46. The Morgan fingerprint density at radius 1 is 1.07 bits per heavy atom. The van der Waals surface area contributed by atoms with Crippen molar-refractivity contribution in [2.75, 3.05) is 0 Å². The SMILES string of the molecule is N#CC1CC(c2ccccc2)C1C#N. The lowest BCUT2D eigenvalue weighted by atomic mass is 9.63. The van der Waals surface area contributed by atoms with E-state index < -0.39 is 0 Å². The molecule has 1 aromatic carbocycles. The molecule has 2 heteroatoms. The lowest BCUT2D eigenvalue weighted by Gasteiger charge is -2.36. The van der Waals surface area contributed by atoms with Crippen LogP contribution in [0.15, 0.2) is 30.3 Å². The van der Waals surface area contributed by atoms with Crippen molar-refractivity contribution in [3.05, 3.63) is 35.9 Å². The second-order valence-corrected chi connectivity index (χ2v) is 3.64. The molecule has 0 bridgehead atoms. The van der Waals surface area contributed by atoms with Crippen molar-refractivity contribution in [3.63, 3.8) is 0 Å². The van der Waals surface area contributed by atoms with Crippen LogP contribution < -0.4 is 0 Å². The average Bonchev–Trinajstić information content (AvgIpc) is 2.19. The highest BCUT2D eigenvalue weighted by Gasteiger charge is 2.42. The van der Waals surface area contributed by atoms with E-state index in [-0.39, 0.29) is 17.8 Å². The third kappa shape index (κ3) is 1.26. The third-order valence-electron chi connectivity index (χ3n) is 2.92. The van der Waals surface area contributed by atoms with E-state index in [0.29, 0.717) is 0 Å². The van der Waals surface area contributed by atoms with E-state index in [9.17, 15) is 0 Å². The van der Waals surface area contributed by atoms with Gasteiger partial charge in [-0.2, -0.15) is 10.5 Å². The number of rotatable bonds is 1. The molecular weight excluding hydrogens is 172 g/mol. The van der Waals surface area contributed by atoms with E-state index in [4.69, 9.17) is 10.5 Å². The molecule has 0 N–H and O–H groups in total. The molecule has 0 saturated heterocycles. The summed E-state index contributed by atoms with van der Waals surface area (Å²) in [6.07, 6.45) is 0.832. The summed E-state index contributed by atoms with van der Waals surface area (Å²) in [5.41, 5.74) is 1.19. The number of nitrogens with zero attached hydrogens (tertiary/aromatic N) is 2. The van der Waals surface area contributed by atoms with Gasteiger partial charge in [-0.15, -0.1) is 0 Å². The summed E-state index contributed by atoms with van der Waals surface area (Å²) >= 11 is 0. The Hall–Kier alpha value is -1.80. The van der Waals surface area contributed by atoms with Crippen LogP contribution in [0.3, 0.4) is 0 Å². The van der Waals surface area contributed by atoms with Gasteiger partial charge in [-0.05, 0) is 12.0 Å². The molecule has 0 aromatic heterocycles. The first kappa shape index (κ1) is 8.78. The molecule has 68 valence electrons. The van der Waals surface area contributed by atoms with Crippen molar-refractivity contribution in [1.82, 2.24) is 0 Å². The largest absolute Gasteiger partial charge is 0.198 e. The van der Waals surface area contributed by atoms with Crippen molar-refractivity contribution in [2.45, 2.75) is 12.3 Å². The Labute approximate surface area is 83.4 Å². The molecule has 0 radical (unpaired) electrons. The van der Waals surface area contributed by atoms with E-state index >= 15 is 0 Å². The van der Waals surface area contributed by atoms with Crippen LogP contribution in [0.25, 0.3) is 0 Å². The molecule has 0 spiro atoms. The maximum Gasteiger partial charge on any atom is 0.0690 e. The van der Waals surface area contributed by atoms with Gasteiger partial charge in [0, 0.05) is 5.92 Å². The monoisotopic (exact) mass is 182 g/mol. The van der Waals surface area contributed by atoms with Crippen LogP contribution in [0, 0.1) is 34.5 Å². The summed E-state index contributed by atoms with van der Waals surface area (Å²) in [5, 5.41) is 17.7. The summed E-state index contributed by atoms with van der Waals surface area (Å²) in [7, 11) is 0. The Morgan fingerprint density at radius 3 is 2.36 bits per heavy atom. The minimum atomic E-state index is -0.109. The lowest BCUT2D eigenvalue weighted by molar-refractivity contribution is 0.244. The predicted molar refractivity (Wildman–Crippen MR) is 52.0 cm³/mol. The fraction of sp³-hybridized carbons (Fsp3) is 0.333. The van der Waals surface area contributed by atoms with Gasteiger partial charge in [-0.25, -0.2) is 0 Å².